The number of fused-ring (bicyclic) bond motifs is 1. The third-order valence-electron chi connectivity index (χ3n) is 7.54. The number of para-hydroxylation sites is 1. The minimum Gasteiger partial charge on any atom is -0.352 e. The Morgan fingerprint density at radius 3 is 2.58 bits per heavy atom. The molecule has 3 aromatic carbocycles. The van der Waals surface area contributed by atoms with E-state index < -0.39 is 0 Å². The van der Waals surface area contributed by atoms with Crippen molar-refractivity contribution in [2.45, 2.75) is 31.8 Å². The molecular weight excluding hydrogens is 514 g/mol. The highest BCUT2D eigenvalue weighted by Crippen LogP contribution is 2.39. The van der Waals surface area contributed by atoms with Crippen LogP contribution in [0.25, 0.3) is 16.5 Å². The number of aryl methyl sites for hydroxylation is 1. The van der Waals surface area contributed by atoms with Gasteiger partial charge in [0.15, 0.2) is 5.11 Å². The molecule has 0 bridgehead atoms. The Morgan fingerprint density at radius 2 is 1.75 bits per heavy atom. The van der Waals surface area contributed by atoms with E-state index in [4.69, 9.17) is 12.2 Å². The lowest BCUT2D eigenvalue weighted by atomic mass is 10.0. The lowest BCUT2D eigenvalue weighted by Crippen LogP contribution is -2.33. The van der Waals surface area contributed by atoms with Gasteiger partial charge in [-0.05, 0) is 77.4 Å². The fourth-order valence-electron chi connectivity index (χ4n) is 5.55. The lowest BCUT2D eigenvalue weighted by Gasteiger charge is -2.29. The average Bonchev–Trinajstić information content (AvgIpc) is 3.60. The first-order valence-electron chi connectivity index (χ1n) is 13.6. The number of benzene rings is 3. The number of pyridine rings is 1. The molecule has 1 amide bonds. The highest BCUT2D eigenvalue weighted by molar-refractivity contribution is 7.80. The van der Waals surface area contributed by atoms with Crippen molar-refractivity contribution in [3.05, 3.63) is 126 Å². The van der Waals surface area contributed by atoms with Crippen molar-refractivity contribution < 1.29 is 4.79 Å². The molecule has 1 fully saturated rings. The molecule has 40 heavy (non-hydrogen) atoms. The molecule has 5 aromatic rings. The number of amides is 1. The highest BCUT2D eigenvalue weighted by Gasteiger charge is 2.41. The van der Waals surface area contributed by atoms with Crippen molar-refractivity contribution >= 4 is 39.7 Å². The number of hydrogen-bond donors (Lipinski definition) is 2. The van der Waals surface area contributed by atoms with Gasteiger partial charge in [0.25, 0.3) is 0 Å². The van der Waals surface area contributed by atoms with E-state index in [-0.39, 0.29) is 18.0 Å². The highest BCUT2D eigenvalue weighted by atomic mass is 32.1. The van der Waals surface area contributed by atoms with Crippen molar-refractivity contribution in [2.24, 2.45) is 0 Å². The minimum absolute atomic E-state index is 0.0337. The normalized spacial score (nSPS) is 16.7. The van der Waals surface area contributed by atoms with E-state index >= 15 is 0 Å². The third kappa shape index (κ3) is 5.08. The zero-order valence-electron chi connectivity index (χ0n) is 22.3. The standard InChI is InChI=1S/C33H31N5OS/c1-2-23-10-5-6-13-27(23)35-30(39)18-21-38-32(31(36-33(38)40)28-14-7-8-19-34-28)29-15-9-20-37(29)26-17-16-24-11-3-4-12-25(24)22-26/h3-17,19-20,22,31-32H,2,18,21H2,1H3,(H,35,39)(H,36,40)/t31-,32+/m1/s1. The van der Waals surface area contributed by atoms with E-state index in [0.29, 0.717) is 18.1 Å². The quantitative estimate of drug-likeness (QED) is 0.216. The fourth-order valence-corrected chi connectivity index (χ4v) is 5.88. The molecule has 2 aromatic heterocycles. The Bertz CT molecular complexity index is 1660. The van der Waals surface area contributed by atoms with Crippen LogP contribution in [-0.4, -0.2) is 32.0 Å². The molecule has 1 saturated heterocycles. The van der Waals surface area contributed by atoms with Crippen LogP contribution in [0.5, 0.6) is 0 Å². The van der Waals surface area contributed by atoms with E-state index in [0.717, 1.165) is 34.7 Å². The molecule has 7 heteroatoms. The van der Waals surface area contributed by atoms with Crippen LogP contribution in [0.1, 0.15) is 42.4 Å². The van der Waals surface area contributed by atoms with E-state index in [2.05, 4.69) is 92.8 Å². The number of aromatic nitrogens is 2. The molecule has 6 nitrogen and oxygen atoms in total. The monoisotopic (exact) mass is 545 g/mol. The second kappa shape index (κ2) is 11.3. The Kier molecular flexibility index (Phi) is 7.29. The molecule has 200 valence electrons. The van der Waals surface area contributed by atoms with Gasteiger partial charge in [-0.25, -0.2) is 0 Å². The summed E-state index contributed by atoms with van der Waals surface area (Å²) in [4.78, 5) is 19.9. The molecule has 3 heterocycles. The molecule has 1 aliphatic rings. The van der Waals surface area contributed by atoms with Crippen LogP contribution in [0.3, 0.4) is 0 Å². The molecule has 2 atom stereocenters. The maximum atomic E-state index is 13.1. The third-order valence-corrected chi connectivity index (χ3v) is 7.90. The summed E-state index contributed by atoms with van der Waals surface area (Å²) in [7, 11) is 0. The zero-order chi connectivity index (χ0) is 27.5. The molecule has 0 spiro atoms. The van der Waals surface area contributed by atoms with E-state index in [1.165, 1.54) is 10.8 Å². The summed E-state index contributed by atoms with van der Waals surface area (Å²) in [5.74, 6) is -0.0337. The number of thiocarbonyl (C=S) groups is 1. The first-order valence-corrected chi connectivity index (χ1v) is 14.1. The van der Waals surface area contributed by atoms with Gasteiger partial charge >= 0.3 is 0 Å². The molecule has 0 radical (unpaired) electrons. The predicted molar refractivity (Wildman–Crippen MR) is 165 cm³/mol. The topological polar surface area (TPSA) is 62.2 Å². The van der Waals surface area contributed by atoms with Gasteiger partial charge in [-0.15, -0.1) is 0 Å². The molecule has 0 saturated carbocycles. The number of anilines is 1. The summed E-state index contributed by atoms with van der Waals surface area (Å²) in [5, 5.41) is 9.61. The molecule has 2 N–H and O–H groups in total. The second-order valence-corrected chi connectivity index (χ2v) is 10.4. The molecule has 1 aliphatic heterocycles. The number of hydrogen-bond acceptors (Lipinski definition) is 3. The Labute approximate surface area is 239 Å². The van der Waals surface area contributed by atoms with Crippen molar-refractivity contribution in [1.82, 2.24) is 19.8 Å². The number of carbonyl (C=O) groups is 1. The Morgan fingerprint density at radius 1 is 0.950 bits per heavy atom. The van der Waals surface area contributed by atoms with Crippen LogP contribution in [0.15, 0.2) is 109 Å². The van der Waals surface area contributed by atoms with Crippen LogP contribution < -0.4 is 10.6 Å². The smallest absolute Gasteiger partial charge is 0.226 e. The molecular formula is C33H31N5OS. The Hall–Kier alpha value is -4.49. The van der Waals surface area contributed by atoms with Gasteiger partial charge in [0.2, 0.25) is 5.91 Å². The van der Waals surface area contributed by atoms with Gasteiger partial charge in [0.05, 0.1) is 17.8 Å². The van der Waals surface area contributed by atoms with Gasteiger partial charge in [-0.1, -0.05) is 61.5 Å². The first kappa shape index (κ1) is 25.8. The maximum Gasteiger partial charge on any atom is 0.226 e. The van der Waals surface area contributed by atoms with E-state index in [1.54, 1.807) is 6.20 Å². The number of nitrogens with one attached hydrogen (secondary N) is 2. The van der Waals surface area contributed by atoms with Crippen molar-refractivity contribution in [3.8, 4) is 5.69 Å². The van der Waals surface area contributed by atoms with E-state index in [9.17, 15) is 4.79 Å². The van der Waals surface area contributed by atoms with Crippen molar-refractivity contribution in [3.63, 3.8) is 0 Å². The zero-order valence-corrected chi connectivity index (χ0v) is 23.1. The van der Waals surface area contributed by atoms with Gasteiger partial charge < -0.3 is 20.1 Å². The number of carbonyl (C=O) groups excluding carboxylic acids is 1. The maximum absolute atomic E-state index is 13.1. The van der Waals surface area contributed by atoms with Gasteiger partial charge in [-0.2, -0.15) is 0 Å². The summed E-state index contributed by atoms with van der Waals surface area (Å²) < 4.78 is 2.22. The average molecular weight is 546 g/mol. The molecule has 0 unspecified atom stereocenters. The lowest BCUT2D eigenvalue weighted by molar-refractivity contribution is -0.116. The van der Waals surface area contributed by atoms with Crippen LogP contribution in [0.4, 0.5) is 5.69 Å². The SMILES string of the molecule is CCc1ccccc1NC(=O)CCN1C(=S)N[C@H](c2ccccn2)[C@@H]1c1cccn1-c1ccc2ccccc2c1. The fraction of sp³-hybridized carbons (Fsp3) is 0.182. The predicted octanol–water partition coefficient (Wildman–Crippen LogP) is 6.59. The molecule has 6 rings (SSSR count). The largest absolute Gasteiger partial charge is 0.352 e. The molecule has 0 aliphatic carbocycles. The van der Waals surface area contributed by atoms with Crippen molar-refractivity contribution in [1.29, 1.82) is 0 Å². The van der Waals surface area contributed by atoms with E-state index in [1.807, 2.05) is 42.5 Å². The van der Waals surface area contributed by atoms with Crippen LogP contribution in [-0.2, 0) is 11.2 Å². The van der Waals surface area contributed by atoms with Crippen LogP contribution >= 0.6 is 12.2 Å². The summed E-state index contributed by atoms with van der Waals surface area (Å²) >= 11 is 5.86. The van der Waals surface area contributed by atoms with Crippen LogP contribution in [0.2, 0.25) is 0 Å². The minimum atomic E-state index is -0.160. The number of nitrogens with zero attached hydrogens (tertiary/aromatic N) is 3. The Balaban J connectivity index is 1.32. The van der Waals surface area contributed by atoms with Gasteiger partial charge in [-0.3, -0.25) is 9.78 Å². The van der Waals surface area contributed by atoms with Crippen LogP contribution in [0, 0.1) is 0 Å². The second-order valence-electron chi connectivity index (χ2n) is 9.96. The summed E-state index contributed by atoms with van der Waals surface area (Å²) in [5.41, 5.74) is 5.05. The van der Waals surface area contributed by atoms with Gasteiger partial charge in [0, 0.05) is 42.4 Å². The summed E-state index contributed by atoms with van der Waals surface area (Å²) in [6.45, 7) is 2.56. The summed E-state index contributed by atoms with van der Waals surface area (Å²) in [6.07, 6.45) is 5.06. The van der Waals surface area contributed by atoms with Crippen molar-refractivity contribution in [2.75, 3.05) is 11.9 Å². The van der Waals surface area contributed by atoms with Gasteiger partial charge in [0.1, 0.15) is 0 Å². The number of rotatable bonds is 8. The first-order chi connectivity index (χ1) is 19.6. The summed E-state index contributed by atoms with van der Waals surface area (Å²) in [6, 6.07) is 32.6.